The summed E-state index contributed by atoms with van der Waals surface area (Å²) in [6.45, 7) is 3.40. The average molecular weight is 361 g/mol. The van der Waals surface area contributed by atoms with E-state index in [1.54, 1.807) is 18.4 Å². The minimum Gasteiger partial charge on any atom is -0.497 e. The molecule has 1 N–H and O–H groups in total. The second-order valence-electron chi connectivity index (χ2n) is 5.52. The molecule has 3 rings (SSSR count). The van der Waals surface area contributed by atoms with Crippen molar-refractivity contribution in [3.05, 3.63) is 45.1 Å². The fourth-order valence-electron chi connectivity index (χ4n) is 2.38. The molecular weight excluding hydrogens is 342 g/mol. The van der Waals surface area contributed by atoms with Crippen LogP contribution >= 0.6 is 23.6 Å². The lowest BCUT2D eigenvalue weighted by Gasteiger charge is -2.15. The van der Waals surface area contributed by atoms with E-state index in [4.69, 9.17) is 17.0 Å². The highest BCUT2D eigenvalue weighted by Gasteiger charge is 2.09. The minimum absolute atomic E-state index is 0.530. The van der Waals surface area contributed by atoms with Crippen LogP contribution < -0.4 is 4.74 Å². The van der Waals surface area contributed by atoms with Gasteiger partial charge in [0.15, 0.2) is 5.82 Å². The summed E-state index contributed by atoms with van der Waals surface area (Å²) in [5.41, 5.74) is 2.04. The molecule has 0 saturated heterocycles. The summed E-state index contributed by atoms with van der Waals surface area (Å²) in [4.78, 5) is 11.1. The lowest BCUT2D eigenvalue weighted by atomic mass is 10.2. The summed E-state index contributed by atoms with van der Waals surface area (Å²) in [5, 5.41) is 6.42. The van der Waals surface area contributed by atoms with Crippen molar-refractivity contribution in [3.8, 4) is 17.1 Å². The molecule has 0 aliphatic rings. The van der Waals surface area contributed by atoms with Crippen molar-refractivity contribution in [3.63, 3.8) is 0 Å². The molecule has 6 nitrogen and oxygen atoms in total. The minimum atomic E-state index is 0.530. The first-order valence-corrected chi connectivity index (χ1v) is 8.75. The topological polar surface area (TPSA) is 59.0 Å². The molecule has 0 spiro atoms. The smallest absolute Gasteiger partial charge is 0.217 e. The molecule has 8 heteroatoms. The Morgan fingerprint density at radius 3 is 2.67 bits per heavy atom. The predicted octanol–water partition coefficient (Wildman–Crippen LogP) is 3.47. The first-order valence-electron chi connectivity index (χ1n) is 7.46. The van der Waals surface area contributed by atoms with Crippen molar-refractivity contribution in [2.24, 2.45) is 0 Å². The van der Waals surface area contributed by atoms with E-state index >= 15 is 0 Å². The molecule has 126 valence electrons. The van der Waals surface area contributed by atoms with Crippen LogP contribution in [0.4, 0.5) is 0 Å². The van der Waals surface area contributed by atoms with Crippen molar-refractivity contribution >= 4 is 23.6 Å². The Morgan fingerprint density at radius 2 is 2.04 bits per heavy atom. The molecule has 0 bridgehead atoms. The summed E-state index contributed by atoms with van der Waals surface area (Å²) in [5.74, 6) is 1.57. The fraction of sp³-hybridized carbons (Fsp3) is 0.312. The van der Waals surface area contributed by atoms with Gasteiger partial charge in [0.05, 0.1) is 24.5 Å². The van der Waals surface area contributed by atoms with E-state index in [2.05, 4.69) is 25.3 Å². The van der Waals surface area contributed by atoms with Gasteiger partial charge in [-0.1, -0.05) is 0 Å². The number of H-pyrrole nitrogens is 1. The zero-order valence-corrected chi connectivity index (χ0v) is 15.4. The highest BCUT2D eigenvalue weighted by atomic mass is 32.1. The van der Waals surface area contributed by atoms with Crippen LogP contribution in [0.3, 0.4) is 0 Å². The van der Waals surface area contributed by atoms with Crippen LogP contribution in [0, 0.1) is 11.7 Å². The lowest BCUT2D eigenvalue weighted by Crippen LogP contribution is -2.22. The Morgan fingerprint density at radius 1 is 1.29 bits per heavy atom. The van der Waals surface area contributed by atoms with Crippen LogP contribution in [-0.4, -0.2) is 38.8 Å². The Bertz CT molecular complexity index is 865. The fourth-order valence-corrected chi connectivity index (χ4v) is 3.18. The van der Waals surface area contributed by atoms with Gasteiger partial charge in [0.25, 0.3) is 0 Å². The standard InChI is InChI=1S/C16H19N5OS2/c1-11-17-13(9-24-11)8-20(2)10-21-16(23)18-15(19-21)12-4-6-14(22-3)7-5-12/h4-7,9H,8,10H2,1-3H3,(H,18,19,23). The summed E-state index contributed by atoms with van der Waals surface area (Å²) in [7, 11) is 3.68. The van der Waals surface area contributed by atoms with E-state index in [0.717, 1.165) is 34.4 Å². The third kappa shape index (κ3) is 3.89. The number of aryl methyl sites for hydroxylation is 1. The van der Waals surface area contributed by atoms with E-state index < -0.39 is 0 Å². The van der Waals surface area contributed by atoms with E-state index in [9.17, 15) is 0 Å². The summed E-state index contributed by atoms with van der Waals surface area (Å²) >= 11 is 7.03. The Kier molecular flexibility index (Phi) is 5.08. The number of ether oxygens (including phenoxy) is 1. The number of hydrogen-bond donors (Lipinski definition) is 1. The van der Waals surface area contributed by atoms with Crippen molar-refractivity contribution in [1.82, 2.24) is 24.6 Å². The summed E-state index contributed by atoms with van der Waals surface area (Å²) in [6.07, 6.45) is 0. The van der Waals surface area contributed by atoms with Crippen molar-refractivity contribution < 1.29 is 4.74 Å². The normalized spacial score (nSPS) is 11.2. The highest BCUT2D eigenvalue weighted by Crippen LogP contribution is 2.19. The van der Waals surface area contributed by atoms with Gasteiger partial charge in [0.1, 0.15) is 5.75 Å². The molecular formula is C16H19N5OS2. The second-order valence-corrected chi connectivity index (χ2v) is 6.95. The molecule has 0 aliphatic carbocycles. The van der Waals surface area contributed by atoms with E-state index in [-0.39, 0.29) is 0 Å². The van der Waals surface area contributed by atoms with Gasteiger partial charge in [-0.05, 0) is 50.5 Å². The highest BCUT2D eigenvalue weighted by molar-refractivity contribution is 7.71. The van der Waals surface area contributed by atoms with Gasteiger partial charge in [-0.25, -0.2) is 9.67 Å². The molecule has 0 saturated carbocycles. The van der Waals surface area contributed by atoms with Gasteiger partial charge >= 0.3 is 0 Å². The maximum absolute atomic E-state index is 5.36. The van der Waals surface area contributed by atoms with Crippen molar-refractivity contribution in [2.75, 3.05) is 14.2 Å². The maximum Gasteiger partial charge on any atom is 0.217 e. The predicted molar refractivity (Wildman–Crippen MR) is 97.7 cm³/mol. The van der Waals surface area contributed by atoms with Crippen LogP contribution in [-0.2, 0) is 13.2 Å². The number of aromatic nitrogens is 4. The SMILES string of the molecule is COc1ccc(-c2nc(=S)n(CN(C)Cc3csc(C)n3)[nH]2)cc1. The lowest BCUT2D eigenvalue weighted by molar-refractivity contribution is 0.242. The number of hydrogen-bond acceptors (Lipinski definition) is 6. The van der Waals surface area contributed by atoms with E-state index in [0.29, 0.717) is 11.4 Å². The number of nitrogens with one attached hydrogen (secondary N) is 1. The van der Waals surface area contributed by atoms with Gasteiger partial charge in [-0.2, -0.15) is 4.98 Å². The Labute approximate surface area is 149 Å². The molecule has 0 amide bonds. The number of nitrogens with zero attached hydrogens (tertiary/aromatic N) is 4. The largest absolute Gasteiger partial charge is 0.497 e. The first-order chi connectivity index (χ1) is 11.5. The molecule has 0 atom stereocenters. The molecule has 2 aromatic heterocycles. The third-order valence-corrected chi connectivity index (χ3v) is 4.66. The van der Waals surface area contributed by atoms with E-state index in [1.807, 2.05) is 42.9 Å². The van der Waals surface area contributed by atoms with Crippen molar-refractivity contribution in [2.45, 2.75) is 20.1 Å². The van der Waals surface area contributed by atoms with Crippen LogP contribution in [0.2, 0.25) is 0 Å². The molecule has 24 heavy (non-hydrogen) atoms. The van der Waals surface area contributed by atoms with Crippen LogP contribution in [0.15, 0.2) is 29.6 Å². The van der Waals surface area contributed by atoms with E-state index in [1.165, 1.54) is 0 Å². The zero-order chi connectivity index (χ0) is 17.1. The monoisotopic (exact) mass is 361 g/mol. The molecule has 0 radical (unpaired) electrons. The van der Waals surface area contributed by atoms with Gasteiger partial charge in [-0.3, -0.25) is 10.00 Å². The van der Waals surface area contributed by atoms with Crippen LogP contribution in [0.5, 0.6) is 5.75 Å². The molecule has 1 aromatic carbocycles. The number of rotatable bonds is 6. The Balaban J connectivity index is 1.72. The first kappa shape index (κ1) is 16.8. The number of thiazole rings is 1. The summed E-state index contributed by atoms with van der Waals surface area (Å²) < 4.78 is 7.56. The number of aromatic amines is 1. The van der Waals surface area contributed by atoms with Crippen LogP contribution in [0.1, 0.15) is 10.7 Å². The average Bonchev–Trinajstić information content (AvgIpc) is 3.13. The van der Waals surface area contributed by atoms with Gasteiger partial charge in [0, 0.05) is 17.5 Å². The quantitative estimate of drug-likeness (QED) is 0.681. The van der Waals surface area contributed by atoms with Crippen molar-refractivity contribution in [1.29, 1.82) is 0 Å². The summed E-state index contributed by atoms with van der Waals surface area (Å²) in [6, 6.07) is 7.72. The Hall–Kier alpha value is -2.03. The number of benzene rings is 1. The second kappa shape index (κ2) is 7.25. The molecule has 0 aliphatic heterocycles. The molecule has 2 heterocycles. The van der Waals surface area contributed by atoms with Gasteiger partial charge < -0.3 is 4.74 Å². The molecule has 0 fully saturated rings. The van der Waals surface area contributed by atoms with Gasteiger partial charge in [-0.15, -0.1) is 11.3 Å². The zero-order valence-electron chi connectivity index (χ0n) is 13.8. The van der Waals surface area contributed by atoms with Crippen LogP contribution in [0.25, 0.3) is 11.4 Å². The maximum atomic E-state index is 5.36. The molecule has 3 aromatic rings. The third-order valence-electron chi connectivity index (χ3n) is 3.52. The van der Waals surface area contributed by atoms with Gasteiger partial charge in [0.2, 0.25) is 4.77 Å². The molecule has 0 unspecified atom stereocenters. The number of methoxy groups -OCH3 is 1.